The molecule has 0 N–H and O–H groups in total. The molecule has 0 bridgehead atoms. The lowest BCUT2D eigenvalue weighted by molar-refractivity contribution is 0.489. The summed E-state index contributed by atoms with van der Waals surface area (Å²) in [6.07, 6.45) is 13.5. The maximum absolute atomic E-state index is 3.65. The van der Waals surface area contributed by atoms with Gasteiger partial charge in [0.25, 0.3) is 0 Å². The molecule has 1 rings (SSSR count). The van der Waals surface area contributed by atoms with Crippen LogP contribution in [0.4, 0.5) is 0 Å². The Morgan fingerprint density at radius 3 is 2.14 bits per heavy atom. The molecule has 0 heteroatoms. The van der Waals surface area contributed by atoms with Gasteiger partial charge < -0.3 is 0 Å². The van der Waals surface area contributed by atoms with E-state index >= 15 is 0 Å². The van der Waals surface area contributed by atoms with E-state index in [1.165, 1.54) is 24.0 Å². The highest BCUT2D eigenvalue weighted by atomic mass is 14.2. The minimum absolute atomic E-state index is 0.704. The van der Waals surface area contributed by atoms with E-state index in [2.05, 4.69) is 63.8 Å². The maximum Gasteiger partial charge on any atom is -0.00943 e. The minimum atomic E-state index is 0.704. The fourth-order valence-electron chi connectivity index (χ4n) is 2.46. The Kier molecular flexibility index (Phi) is 12.2. The lowest BCUT2D eigenvalue weighted by atomic mass is 9.88. The van der Waals surface area contributed by atoms with Crippen LogP contribution >= 0.6 is 0 Å². The molecule has 0 saturated heterocycles. The fraction of sp³-hybridized carbons (Fsp3) is 0.455. The van der Waals surface area contributed by atoms with Crippen molar-refractivity contribution in [3.8, 4) is 0 Å². The summed E-state index contributed by atoms with van der Waals surface area (Å²) < 4.78 is 0. The second-order valence-electron chi connectivity index (χ2n) is 5.73. The molecule has 1 unspecified atom stereocenters. The molecule has 1 aromatic rings. The van der Waals surface area contributed by atoms with Gasteiger partial charge in [-0.05, 0) is 42.2 Å². The predicted molar refractivity (Wildman–Crippen MR) is 102 cm³/mol. The fourth-order valence-corrected chi connectivity index (χ4v) is 2.46. The van der Waals surface area contributed by atoms with Crippen molar-refractivity contribution < 1.29 is 0 Å². The van der Waals surface area contributed by atoms with Crippen molar-refractivity contribution in [2.45, 2.75) is 59.8 Å². The van der Waals surface area contributed by atoms with E-state index in [4.69, 9.17) is 0 Å². The number of benzene rings is 1. The summed E-state index contributed by atoms with van der Waals surface area (Å²) in [6, 6.07) is 9.14. The van der Waals surface area contributed by atoms with Crippen LogP contribution in [0.2, 0.25) is 0 Å². The first-order valence-corrected chi connectivity index (χ1v) is 8.70. The van der Waals surface area contributed by atoms with E-state index in [9.17, 15) is 0 Å². The zero-order valence-corrected chi connectivity index (χ0v) is 15.2. The molecule has 0 saturated carbocycles. The molecule has 0 aromatic heterocycles. The second kappa shape index (κ2) is 13.1. The van der Waals surface area contributed by atoms with Gasteiger partial charge in [-0.2, -0.15) is 0 Å². The van der Waals surface area contributed by atoms with Crippen LogP contribution in [0.1, 0.15) is 64.5 Å². The van der Waals surface area contributed by atoms with Crippen molar-refractivity contribution in [3.63, 3.8) is 0 Å². The van der Waals surface area contributed by atoms with E-state index in [0.717, 1.165) is 12.3 Å². The Morgan fingerprint density at radius 2 is 1.64 bits per heavy atom. The third-order valence-electron chi connectivity index (χ3n) is 3.55. The largest absolute Gasteiger partial charge is 0.0991 e. The number of hydrogen-bond donors (Lipinski definition) is 0. The van der Waals surface area contributed by atoms with Gasteiger partial charge in [0.15, 0.2) is 0 Å². The highest BCUT2D eigenvalue weighted by Gasteiger charge is 2.10. The van der Waals surface area contributed by atoms with Crippen molar-refractivity contribution in [1.82, 2.24) is 0 Å². The summed E-state index contributed by atoms with van der Waals surface area (Å²) in [6.45, 7) is 14.5. The lowest BCUT2D eigenvalue weighted by Gasteiger charge is -2.17. The summed E-state index contributed by atoms with van der Waals surface area (Å²) in [5.74, 6) is 1.47. The second-order valence-corrected chi connectivity index (χ2v) is 5.73. The molecule has 0 radical (unpaired) electrons. The summed E-state index contributed by atoms with van der Waals surface area (Å²) in [7, 11) is 0. The molecule has 1 aromatic carbocycles. The van der Waals surface area contributed by atoms with Crippen LogP contribution in [0.15, 0.2) is 61.2 Å². The molecule has 0 aliphatic heterocycles. The molecule has 122 valence electrons. The number of allylic oxidation sites excluding steroid dienone is 5. The molecule has 22 heavy (non-hydrogen) atoms. The zero-order chi connectivity index (χ0) is 16.8. The summed E-state index contributed by atoms with van der Waals surface area (Å²) >= 11 is 0. The first-order valence-electron chi connectivity index (χ1n) is 8.70. The summed E-state index contributed by atoms with van der Waals surface area (Å²) in [4.78, 5) is 0. The molecule has 1 atom stereocenters. The average molecular weight is 299 g/mol. The Labute approximate surface area is 138 Å². The molecular formula is C22H34. The molecule has 0 heterocycles. The molecular weight excluding hydrogens is 264 g/mol. The van der Waals surface area contributed by atoms with Crippen LogP contribution in [0, 0.1) is 5.92 Å². The van der Waals surface area contributed by atoms with E-state index < -0.39 is 0 Å². The third-order valence-corrected chi connectivity index (χ3v) is 3.55. The van der Waals surface area contributed by atoms with Crippen molar-refractivity contribution in [1.29, 1.82) is 0 Å². The van der Waals surface area contributed by atoms with Crippen molar-refractivity contribution >= 4 is 0 Å². The van der Waals surface area contributed by atoms with Crippen molar-refractivity contribution in [3.05, 3.63) is 72.4 Å². The van der Waals surface area contributed by atoms with E-state index in [1.807, 2.05) is 26.0 Å². The summed E-state index contributed by atoms with van der Waals surface area (Å²) in [5.41, 5.74) is 2.86. The molecule has 0 aliphatic carbocycles. The smallest absolute Gasteiger partial charge is 0.00943 e. The Bertz CT molecular complexity index is 432. The van der Waals surface area contributed by atoms with Gasteiger partial charge in [0.1, 0.15) is 0 Å². The molecule has 0 nitrogen and oxygen atoms in total. The number of hydrogen-bond acceptors (Lipinski definition) is 0. The van der Waals surface area contributed by atoms with E-state index in [1.54, 1.807) is 6.08 Å². The topological polar surface area (TPSA) is 0 Å². The van der Waals surface area contributed by atoms with Gasteiger partial charge in [-0.1, -0.05) is 95.8 Å². The number of rotatable bonds is 8. The zero-order valence-electron chi connectivity index (χ0n) is 15.2. The highest BCUT2D eigenvalue weighted by Crippen LogP contribution is 2.27. The Morgan fingerprint density at radius 1 is 1.00 bits per heavy atom. The van der Waals surface area contributed by atoms with Gasteiger partial charge in [-0.25, -0.2) is 0 Å². The monoisotopic (exact) mass is 298 g/mol. The minimum Gasteiger partial charge on any atom is -0.0991 e. The summed E-state index contributed by atoms with van der Waals surface area (Å²) in [5, 5.41) is 0. The van der Waals surface area contributed by atoms with Crippen LogP contribution in [0.3, 0.4) is 0 Å². The van der Waals surface area contributed by atoms with Crippen molar-refractivity contribution in [2.75, 3.05) is 0 Å². The van der Waals surface area contributed by atoms with E-state index in [-0.39, 0.29) is 0 Å². The van der Waals surface area contributed by atoms with Crippen LogP contribution in [-0.4, -0.2) is 0 Å². The van der Waals surface area contributed by atoms with Gasteiger partial charge in [-0.15, -0.1) is 0 Å². The first kappa shape index (κ1) is 20.4. The van der Waals surface area contributed by atoms with Crippen LogP contribution < -0.4 is 0 Å². The molecule has 0 fully saturated rings. The Hall–Kier alpha value is -1.56. The van der Waals surface area contributed by atoms with Gasteiger partial charge in [0, 0.05) is 0 Å². The van der Waals surface area contributed by atoms with Crippen LogP contribution in [-0.2, 0) is 6.42 Å². The molecule has 0 spiro atoms. The normalized spacial score (nSPS) is 12.5. The lowest BCUT2D eigenvalue weighted by Crippen LogP contribution is -2.02. The van der Waals surface area contributed by atoms with Crippen LogP contribution in [0.5, 0.6) is 0 Å². The van der Waals surface area contributed by atoms with Crippen molar-refractivity contribution in [2.24, 2.45) is 5.92 Å². The SMILES string of the molecule is C=C/C=C\C=C/Cc1ccc(C(CC)CC(C)C)cc1.CC. The predicted octanol–water partition coefficient (Wildman–Crippen LogP) is 7.09. The van der Waals surface area contributed by atoms with Gasteiger partial charge in [0.05, 0.1) is 0 Å². The maximum atomic E-state index is 3.65. The average Bonchev–Trinajstić information content (AvgIpc) is 2.55. The van der Waals surface area contributed by atoms with Crippen LogP contribution in [0.25, 0.3) is 0 Å². The molecule has 0 amide bonds. The highest BCUT2D eigenvalue weighted by molar-refractivity contribution is 5.27. The van der Waals surface area contributed by atoms with Gasteiger partial charge >= 0.3 is 0 Å². The van der Waals surface area contributed by atoms with Gasteiger partial charge in [-0.3, -0.25) is 0 Å². The van der Waals surface area contributed by atoms with Gasteiger partial charge in [0.2, 0.25) is 0 Å². The standard InChI is InChI=1S/C20H28.C2H6/c1-5-7-8-9-10-11-18-12-14-20(15-13-18)19(6-2)16-17(3)4;1-2/h5,7-10,12-15,17,19H,1,6,11,16H2,2-4H3;1-2H3/b8-7-,10-9-;. The van der Waals surface area contributed by atoms with E-state index in [0.29, 0.717) is 5.92 Å². The third kappa shape index (κ3) is 8.67. The quantitative estimate of drug-likeness (QED) is 0.449. The Balaban J connectivity index is 0.00000211. The first-order chi connectivity index (χ1) is 10.7. The molecule has 0 aliphatic rings.